The third-order valence-electron chi connectivity index (χ3n) is 0.0563. The van der Waals surface area contributed by atoms with Gasteiger partial charge in [0.15, 0.2) is 0 Å². The molecule has 0 amide bonds. The van der Waals surface area contributed by atoms with Crippen LogP contribution in [0, 0.1) is 0 Å². The van der Waals surface area contributed by atoms with Crippen molar-refractivity contribution < 1.29 is 7.48 Å². The van der Waals surface area contributed by atoms with Crippen molar-refractivity contribution in [1.82, 2.24) is 0 Å². The predicted molar refractivity (Wildman–Crippen MR) is 26.9 cm³/mol. The Morgan fingerprint density at radius 2 is 2.20 bits per heavy atom. The van der Waals surface area contributed by atoms with Gasteiger partial charge in [-0.25, -0.2) is 7.48 Å². The molecule has 0 heterocycles. The van der Waals surface area contributed by atoms with Gasteiger partial charge < -0.3 is 0 Å². The van der Waals surface area contributed by atoms with E-state index in [2.05, 4.69) is 30.7 Å². The van der Waals surface area contributed by atoms with Gasteiger partial charge in [-0.15, -0.1) is 0 Å². The van der Waals surface area contributed by atoms with Crippen molar-refractivity contribution in [3.05, 3.63) is 0 Å². The van der Waals surface area contributed by atoms with Crippen LogP contribution in [0.4, 0.5) is 0 Å². The van der Waals surface area contributed by atoms with Crippen LogP contribution in [0.5, 0.6) is 0 Å². The van der Waals surface area contributed by atoms with Crippen LogP contribution in [-0.4, -0.2) is 4.21 Å². The van der Waals surface area contributed by atoms with E-state index in [1.54, 1.807) is 0 Å². The van der Waals surface area contributed by atoms with E-state index < -0.39 is 9.64 Å². The molecule has 1 atom stereocenters. The molecule has 32 valence electrons. The summed E-state index contributed by atoms with van der Waals surface area (Å²) in [6, 6.07) is 0. The molecule has 1 unspecified atom stereocenters. The Bertz CT molecular complexity index is 65.7. The van der Waals surface area contributed by atoms with Crippen LogP contribution in [0.1, 0.15) is 0 Å². The van der Waals surface area contributed by atoms with Gasteiger partial charge in [0, 0.05) is 11.2 Å². The summed E-state index contributed by atoms with van der Waals surface area (Å²) in [5, 5.41) is 0. The van der Waals surface area contributed by atoms with Gasteiger partial charge in [-0.3, -0.25) is 0 Å². The first-order valence-electron chi connectivity index (χ1n) is 0.702. The van der Waals surface area contributed by atoms with Gasteiger partial charge in [0.25, 0.3) is 0 Å². The fourth-order valence-corrected chi connectivity index (χ4v) is 0. The van der Waals surface area contributed by atoms with E-state index in [-0.39, 0.29) is 0 Å². The Kier molecular flexibility index (Phi) is 3.51. The first-order valence-corrected chi connectivity index (χ1v) is 3.54. The van der Waals surface area contributed by atoms with Crippen LogP contribution in [0.2, 0.25) is 0 Å². The Balaban J connectivity index is 3.23. The smallest absolute Gasteiger partial charge is 0.143 e. The minimum Gasteiger partial charge on any atom is -0.231 e. The lowest BCUT2D eigenvalue weighted by Gasteiger charge is -1.65. The molecule has 0 radical (unpaired) electrons. The van der Waals surface area contributed by atoms with Crippen LogP contribution in [0.15, 0.2) is 0 Å². The van der Waals surface area contributed by atoms with Crippen molar-refractivity contribution in [2.24, 2.45) is 0 Å². The third kappa shape index (κ3) is 4.81. The summed E-state index contributed by atoms with van der Waals surface area (Å²) in [6.07, 6.45) is 0. The summed E-state index contributed by atoms with van der Waals surface area (Å²) in [4.78, 5) is 0. The van der Waals surface area contributed by atoms with Gasteiger partial charge in [0.05, 0.1) is 0 Å². The van der Waals surface area contributed by atoms with Gasteiger partial charge in [-0.05, 0) is 0 Å². The molecule has 0 saturated heterocycles. The molecule has 5 heteroatoms. The van der Waals surface area contributed by atoms with Gasteiger partial charge in [0.1, 0.15) is 25.9 Å². The van der Waals surface area contributed by atoms with E-state index in [9.17, 15) is 4.21 Å². The molecule has 0 saturated carbocycles. The van der Waals surface area contributed by atoms with Gasteiger partial charge in [-0.1, -0.05) is 0 Å². The Labute approximate surface area is 44.9 Å². The highest BCUT2D eigenvalue weighted by Crippen LogP contribution is 1.79. The average molecular weight is 177 g/mol. The van der Waals surface area contributed by atoms with E-state index >= 15 is 0 Å². The molecule has 0 aliphatic rings. The molecule has 5 heavy (non-hydrogen) atoms. The second-order valence-corrected chi connectivity index (χ2v) is 2.64. The molecular formula is HBrO2S2. The SMILES string of the molecule is O=[SH](=S)OBr. The third-order valence-corrected chi connectivity index (χ3v) is 1.76. The minimum absolute atomic E-state index is 1.85. The maximum atomic E-state index is 9.51. The first kappa shape index (κ1) is 5.81. The van der Waals surface area contributed by atoms with Crippen LogP contribution < -0.4 is 0 Å². The monoisotopic (exact) mass is 176 g/mol. The van der Waals surface area contributed by atoms with E-state index in [1.807, 2.05) is 0 Å². The molecule has 0 aliphatic carbocycles. The standard InChI is InChI=1S/BrHO2S2/c1-3-5(2)4/h5H. The topological polar surface area (TPSA) is 26.3 Å². The number of hydrogen-bond acceptors (Lipinski definition) is 3. The Morgan fingerprint density at radius 3 is 2.20 bits per heavy atom. The zero-order chi connectivity index (χ0) is 4.28. The second kappa shape index (κ2) is 3.02. The molecule has 0 bridgehead atoms. The summed E-state index contributed by atoms with van der Waals surface area (Å²) < 4.78 is 13.4. The number of hydrogen-bond donors (Lipinski definition) is 1. The normalized spacial score (nSPS) is 14.6. The summed E-state index contributed by atoms with van der Waals surface area (Å²) >= 11 is 6.45. The van der Waals surface area contributed by atoms with Crippen molar-refractivity contribution in [3.63, 3.8) is 0 Å². The van der Waals surface area contributed by atoms with Crippen LogP contribution in [-0.2, 0) is 24.1 Å². The van der Waals surface area contributed by atoms with Crippen molar-refractivity contribution in [2.45, 2.75) is 0 Å². The molecular weight excluding hydrogens is 176 g/mol. The molecule has 0 rings (SSSR count). The number of thiol groups is 1. The fraction of sp³-hybridized carbons (Fsp3) is 0. The molecule has 0 aromatic heterocycles. The Hall–Kier alpha value is 0.810. The van der Waals surface area contributed by atoms with Crippen molar-refractivity contribution in [3.8, 4) is 0 Å². The minimum atomic E-state index is -1.85. The quantitative estimate of drug-likeness (QED) is 0.578. The molecule has 0 N–H and O–H groups in total. The van der Waals surface area contributed by atoms with Crippen molar-refractivity contribution in [2.75, 3.05) is 0 Å². The second-order valence-electron chi connectivity index (χ2n) is 0.293. The predicted octanol–water partition coefficient (Wildman–Crippen LogP) is 0.171. The highest BCUT2D eigenvalue weighted by Gasteiger charge is 1.61. The zero-order valence-corrected chi connectivity index (χ0v) is 5.35. The average Bonchev–Trinajstić information content (AvgIpc) is 1.38. The Morgan fingerprint density at radius 1 is 2.00 bits per heavy atom. The van der Waals surface area contributed by atoms with Crippen LogP contribution >= 0.6 is 16.3 Å². The summed E-state index contributed by atoms with van der Waals surface area (Å²) in [5.41, 5.74) is 0. The van der Waals surface area contributed by atoms with Gasteiger partial charge in [-0.2, -0.15) is 0 Å². The van der Waals surface area contributed by atoms with E-state index in [0.29, 0.717) is 0 Å². The summed E-state index contributed by atoms with van der Waals surface area (Å²) in [7, 11) is -1.85. The van der Waals surface area contributed by atoms with Gasteiger partial charge >= 0.3 is 0 Å². The van der Waals surface area contributed by atoms with Gasteiger partial charge in [0.2, 0.25) is 0 Å². The van der Waals surface area contributed by atoms with Crippen LogP contribution in [0.25, 0.3) is 0 Å². The molecule has 0 fully saturated rings. The lowest BCUT2D eigenvalue weighted by Crippen LogP contribution is -1.60. The van der Waals surface area contributed by atoms with E-state index in [4.69, 9.17) is 0 Å². The first-order chi connectivity index (χ1) is 2.27. The summed E-state index contributed by atoms with van der Waals surface area (Å²) in [5.74, 6) is 0. The molecule has 2 nitrogen and oxygen atoms in total. The lowest BCUT2D eigenvalue weighted by molar-refractivity contribution is 0.639. The maximum Gasteiger partial charge on any atom is 0.143 e. The molecule has 0 spiro atoms. The van der Waals surface area contributed by atoms with Crippen molar-refractivity contribution >= 4 is 37.1 Å². The largest absolute Gasteiger partial charge is 0.231 e. The maximum absolute atomic E-state index is 9.51. The number of halogens is 1. The zero-order valence-electron chi connectivity index (χ0n) is 2.05. The summed E-state index contributed by atoms with van der Waals surface area (Å²) in [6.45, 7) is 0. The van der Waals surface area contributed by atoms with Crippen LogP contribution in [0.3, 0.4) is 0 Å². The molecule has 0 aliphatic heterocycles. The van der Waals surface area contributed by atoms with E-state index in [1.165, 1.54) is 0 Å². The number of rotatable bonds is 1. The fourth-order valence-electron chi connectivity index (χ4n) is 0. The van der Waals surface area contributed by atoms with E-state index in [0.717, 1.165) is 0 Å². The molecule has 0 aromatic carbocycles. The van der Waals surface area contributed by atoms with Crippen molar-refractivity contribution in [1.29, 1.82) is 0 Å². The lowest BCUT2D eigenvalue weighted by atomic mass is 15.9. The highest BCUT2D eigenvalue weighted by molar-refractivity contribution is 9.07. The molecule has 0 aromatic rings. The highest BCUT2D eigenvalue weighted by atomic mass is 79.9.